The molecular formula is C14H23NO5S. The molecule has 0 saturated heterocycles. The van der Waals surface area contributed by atoms with Crippen molar-refractivity contribution >= 4 is 17.4 Å². The minimum atomic E-state index is -1.03. The maximum Gasteiger partial charge on any atom is 0.407 e. The molecule has 1 amide bonds. The van der Waals surface area contributed by atoms with Gasteiger partial charge in [0, 0.05) is 16.3 Å². The first kappa shape index (κ1) is 17.9. The minimum absolute atomic E-state index is 0.0896. The van der Waals surface area contributed by atoms with Crippen LogP contribution in [0.5, 0.6) is 0 Å². The number of carbonyl (C=O) groups is 1. The van der Waals surface area contributed by atoms with Crippen molar-refractivity contribution in [3.8, 4) is 0 Å². The number of aliphatic hydroxyl groups excluding tert-OH is 3. The van der Waals surface area contributed by atoms with Crippen molar-refractivity contribution < 1.29 is 24.9 Å². The van der Waals surface area contributed by atoms with Crippen molar-refractivity contribution in [3.05, 3.63) is 21.9 Å². The summed E-state index contributed by atoms with van der Waals surface area (Å²) in [5.41, 5.74) is -0.570. The summed E-state index contributed by atoms with van der Waals surface area (Å²) in [6.07, 6.45) is -2.38. The molecule has 120 valence electrons. The number of hydrogen-bond donors (Lipinski definition) is 4. The van der Waals surface area contributed by atoms with Gasteiger partial charge >= 0.3 is 6.09 Å². The summed E-state index contributed by atoms with van der Waals surface area (Å²) in [6.45, 7) is 5.40. The Bertz CT molecular complexity index is 454. The van der Waals surface area contributed by atoms with E-state index < -0.39 is 23.9 Å². The van der Waals surface area contributed by atoms with Crippen molar-refractivity contribution in [2.75, 3.05) is 6.54 Å². The fourth-order valence-electron chi connectivity index (χ4n) is 1.62. The second-order valence-corrected chi connectivity index (χ2v) is 6.89. The highest BCUT2D eigenvalue weighted by Crippen LogP contribution is 2.26. The highest BCUT2D eigenvalue weighted by molar-refractivity contribution is 7.12. The topological polar surface area (TPSA) is 99.0 Å². The Balaban J connectivity index is 2.36. The van der Waals surface area contributed by atoms with Crippen LogP contribution in [0.15, 0.2) is 12.1 Å². The van der Waals surface area contributed by atoms with E-state index in [1.54, 1.807) is 32.9 Å². The van der Waals surface area contributed by atoms with E-state index in [-0.39, 0.29) is 19.6 Å². The summed E-state index contributed by atoms with van der Waals surface area (Å²) < 4.78 is 5.06. The number of nitrogens with one attached hydrogen (secondary N) is 1. The number of thiophene rings is 1. The normalized spacial score (nSPS) is 14.6. The van der Waals surface area contributed by atoms with E-state index in [1.807, 2.05) is 0 Å². The second kappa shape index (κ2) is 7.74. The molecule has 2 atom stereocenters. The molecule has 1 aromatic heterocycles. The molecule has 0 radical (unpaired) electrons. The first-order valence-electron chi connectivity index (χ1n) is 6.75. The van der Waals surface area contributed by atoms with E-state index in [0.29, 0.717) is 4.88 Å². The van der Waals surface area contributed by atoms with Gasteiger partial charge in [0.1, 0.15) is 11.7 Å². The second-order valence-electron chi connectivity index (χ2n) is 5.69. The Kier molecular flexibility index (Phi) is 6.60. The fraction of sp³-hybridized carbons (Fsp3) is 0.643. The van der Waals surface area contributed by atoms with Gasteiger partial charge in [0.05, 0.1) is 12.7 Å². The number of aliphatic hydroxyl groups is 3. The summed E-state index contributed by atoms with van der Waals surface area (Å²) in [4.78, 5) is 12.7. The lowest BCUT2D eigenvalue weighted by molar-refractivity contribution is 0.0143. The molecule has 0 bridgehead atoms. The van der Waals surface area contributed by atoms with Crippen molar-refractivity contribution in [1.82, 2.24) is 5.32 Å². The molecule has 0 aromatic carbocycles. The van der Waals surface area contributed by atoms with E-state index in [1.165, 1.54) is 11.3 Å². The van der Waals surface area contributed by atoms with Crippen LogP contribution in [-0.4, -0.2) is 39.7 Å². The zero-order chi connectivity index (χ0) is 16.0. The lowest BCUT2D eigenvalue weighted by Gasteiger charge is -2.20. The Hall–Kier alpha value is -1.15. The van der Waals surface area contributed by atoms with E-state index >= 15 is 0 Å². The maximum absolute atomic E-state index is 11.4. The SMILES string of the molecule is CC(C)(C)OC(=O)NCCC(O)C(O)c1ccc(CO)s1. The number of rotatable bonds is 6. The molecule has 2 unspecified atom stereocenters. The van der Waals surface area contributed by atoms with Gasteiger partial charge in [-0.05, 0) is 39.3 Å². The molecule has 1 heterocycles. The molecular weight excluding hydrogens is 294 g/mol. The monoisotopic (exact) mass is 317 g/mol. The first-order valence-corrected chi connectivity index (χ1v) is 7.57. The largest absolute Gasteiger partial charge is 0.444 e. The smallest absolute Gasteiger partial charge is 0.407 e. The number of carbonyl (C=O) groups excluding carboxylic acids is 1. The van der Waals surface area contributed by atoms with E-state index in [0.717, 1.165) is 4.88 Å². The van der Waals surface area contributed by atoms with Gasteiger partial charge in [0.2, 0.25) is 0 Å². The molecule has 7 heteroatoms. The number of alkyl carbamates (subject to hydrolysis) is 1. The lowest BCUT2D eigenvalue weighted by atomic mass is 10.1. The molecule has 0 saturated carbocycles. The Morgan fingerprint density at radius 1 is 1.38 bits per heavy atom. The number of hydrogen-bond acceptors (Lipinski definition) is 6. The Labute approximate surface area is 128 Å². The van der Waals surface area contributed by atoms with Crippen LogP contribution in [0.2, 0.25) is 0 Å². The molecule has 1 aromatic rings. The molecule has 0 aliphatic heterocycles. The number of amides is 1. The average molecular weight is 317 g/mol. The van der Waals surface area contributed by atoms with Crippen LogP contribution in [0.3, 0.4) is 0 Å². The molecule has 21 heavy (non-hydrogen) atoms. The van der Waals surface area contributed by atoms with Gasteiger partial charge in [-0.2, -0.15) is 0 Å². The Morgan fingerprint density at radius 2 is 2.05 bits per heavy atom. The zero-order valence-corrected chi connectivity index (χ0v) is 13.3. The molecule has 0 fully saturated rings. The maximum atomic E-state index is 11.4. The van der Waals surface area contributed by atoms with Gasteiger partial charge in [-0.3, -0.25) is 0 Å². The minimum Gasteiger partial charge on any atom is -0.444 e. The van der Waals surface area contributed by atoms with Gasteiger partial charge in [0.25, 0.3) is 0 Å². The van der Waals surface area contributed by atoms with Gasteiger partial charge < -0.3 is 25.4 Å². The quantitative estimate of drug-likeness (QED) is 0.638. The van der Waals surface area contributed by atoms with E-state index in [4.69, 9.17) is 9.84 Å². The molecule has 4 N–H and O–H groups in total. The highest BCUT2D eigenvalue weighted by Gasteiger charge is 2.21. The average Bonchev–Trinajstić information content (AvgIpc) is 2.84. The predicted octanol–water partition coefficient (Wildman–Crippen LogP) is 1.55. The van der Waals surface area contributed by atoms with Crippen molar-refractivity contribution in [2.24, 2.45) is 0 Å². The summed E-state index contributed by atoms with van der Waals surface area (Å²) in [5, 5.41) is 31.4. The van der Waals surface area contributed by atoms with Crippen LogP contribution in [0.1, 0.15) is 43.1 Å². The van der Waals surface area contributed by atoms with Crippen molar-refractivity contribution in [2.45, 2.75) is 51.6 Å². The van der Waals surface area contributed by atoms with Crippen LogP contribution < -0.4 is 5.32 Å². The van der Waals surface area contributed by atoms with E-state index in [9.17, 15) is 15.0 Å². The summed E-state index contributed by atoms with van der Waals surface area (Å²) in [7, 11) is 0. The van der Waals surface area contributed by atoms with Crippen LogP contribution in [0.4, 0.5) is 4.79 Å². The predicted molar refractivity (Wildman–Crippen MR) is 80.1 cm³/mol. The third-order valence-corrected chi connectivity index (χ3v) is 3.74. The summed E-state index contributed by atoms with van der Waals surface area (Å²) >= 11 is 1.24. The van der Waals surface area contributed by atoms with Gasteiger partial charge in [-0.1, -0.05) is 0 Å². The molecule has 0 spiro atoms. The van der Waals surface area contributed by atoms with Crippen molar-refractivity contribution in [1.29, 1.82) is 0 Å². The third-order valence-electron chi connectivity index (χ3n) is 2.60. The van der Waals surface area contributed by atoms with Crippen LogP contribution in [0, 0.1) is 0 Å². The summed E-state index contributed by atoms with van der Waals surface area (Å²) in [5.74, 6) is 0. The van der Waals surface area contributed by atoms with Crippen LogP contribution in [-0.2, 0) is 11.3 Å². The summed E-state index contributed by atoms with van der Waals surface area (Å²) in [6, 6.07) is 3.38. The molecule has 6 nitrogen and oxygen atoms in total. The fourth-order valence-corrected chi connectivity index (χ4v) is 2.54. The third kappa shape index (κ3) is 6.43. The van der Waals surface area contributed by atoms with Crippen LogP contribution >= 0.6 is 11.3 Å². The lowest BCUT2D eigenvalue weighted by Crippen LogP contribution is -2.34. The molecule has 0 aliphatic carbocycles. The van der Waals surface area contributed by atoms with Crippen LogP contribution in [0.25, 0.3) is 0 Å². The van der Waals surface area contributed by atoms with E-state index in [2.05, 4.69) is 5.32 Å². The highest BCUT2D eigenvalue weighted by atomic mass is 32.1. The van der Waals surface area contributed by atoms with Gasteiger partial charge in [-0.25, -0.2) is 4.79 Å². The standard InChI is InChI=1S/C14H23NO5S/c1-14(2,3)20-13(19)15-7-6-10(17)12(18)11-5-4-9(8-16)21-11/h4-5,10,12,16-18H,6-8H2,1-3H3,(H,15,19). The zero-order valence-electron chi connectivity index (χ0n) is 12.5. The molecule has 1 rings (SSSR count). The molecule has 0 aliphatic rings. The van der Waals surface area contributed by atoms with Gasteiger partial charge in [0.15, 0.2) is 0 Å². The van der Waals surface area contributed by atoms with Crippen molar-refractivity contribution in [3.63, 3.8) is 0 Å². The Morgan fingerprint density at radius 3 is 2.57 bits per heavy atom. The van der Waals surface area contributed by atoms with Gasteiger partial charge in [-0.15, -0.1) is 11.3 Å². The first-order chi connectivity index (χ1) is 9.73. The number of ether oxygens (including phenoxy) is 1.